The van der Waals surface area contributed by atoms with Gasteiger partial charge in [0.2, 0.25) is 5.89 Å². The first kappa shape index (κ1) is 19.2. The number of hydrogen-bond acceptors (Lipinski definition) is 5. The van der Waals surface area contributed by atoms with Gasteiger partial charge >= 0.3 is 12.5 Å². The standard InChI is InChI=1S/C18H17F3N4O4/c19-11-6-8(15-23-24-16(29-15)14(20)21)5-9-10(11)7-25(17(9)26)13-4-2-1-3-12(13)22-18(27)28/h5-6,12-14,22H,1-4,7H2,(H,27,28)/t12-,13-/m1/s1. The van der Waals surface area contributed by atoms with Crippen LogP contribution in [0.3, 0.4) is 0 Å². The highest BCUT2D eigenvalue weighted by atomic mass is 19.3. The van der Waals surface area contributed by atoms with Gasteiger partial charge in [0.05, 0.1) is 18.6 Å². The summed E-state index contributed by atoms with van der Waals surface area (Å²) in [7, 11) is 0. The summed E-state index contributed by atoms with van der Waals surface area (Å²) in [4.78, 5) is 25.5. The number of carbonyl (C=O) groups is 2. The number of alkyl halides is 2. The van der Waals surface area contributed by atoms with E-state index in [1.165, 1.54) is 11.0 Å². The lowest BCUT2D eigenvalue weighted by Gasteiger charge is -2.37. The Balaban J connectivity index is 1.64. The Bertz CT molecular complexity index is 965. The van der Waals surface area contributed by atoms with Gasteiger partial charge in [0.1, 0.15) is 5.82 Å². The highest BCUT2D eigenvalue weighted by molar-refractivity contribution is 5.99. The molecule has 1 aliphatic heterocycles. The molecule has 0 radical (unpaired) electrons. The van der Waals surface area contributed by atoms with Gasteiger partial charge in [0.25, 0.3) is 11.8 Å². The highest BCUT2D eigenvalue weighted by Crippen LogP contribution is 2.35. The minimum Gasteiger partial charge on any atom is -0.465 e. The van der Waals surface area contributed by atoms with Crippen molar-refractivity contribution in [1.29, 1.82) is 0 Å². The Hall–Kier alpha value is -3.11. The molecule has 29 heavy (non-hydrogen) atoms. The number of hydrogen-bond donors (Lipinski definition) is 2. The van der Waals surface area contributed by atoms with E-state index < -0.39 is 42.2 Å². The van der Waals surface area contributed by atoms with Crippen LogP contribution in [0.25, 0.3) is 11.5 Å². The summed E-state index contributed by atoms with van der Waals surface area (Å²) in [6.45, 7) is 0.00879. The summed E-state index contributed by atoms with van der Waals surface area (Å²) in [5.41, 5.74) is 0.281. The molecule has 1 fully saturated rings. The zero-order valence-electron chi connectivity index (χ0n) is 15.1. The molecule has 11 heteroatoms. The molecular formula is C18H17F3N4O4. The molecule has 1 saturated carbocycles. The molecule has 154 valence electrons. The lowest BCUT2D eigenvalue weighted by molar-refractivity contribution is 0.0600. The van der Waals surface area contributed by atoms with Crippen LogP contribution in [0, 0.1) is 5.82 Å². The van der Waals surface area contributed by atoms with Crippen LogP contribution >= 0.6 is 0 Å². The zero-order chi connectivity index (χ0) is 20.7. The van der Waals surface area contributed by atoms with Crippen molar-refractivity contribution in [3.8, 4) is 11.5 Å². The number of carbonyl (C=O) groups excluding carboxylic acids is 1. The summed E-state index contributed by atoms with van der Waals surface area (Å²) >= 11 is 0. The molecule has 0 saturated heterocycles. The largest absolute Gasteiger partial charge is 0.465 e. The molecule has 2 heterocycles. The molecule has 2 N–H and O–H groups in total. The van der Waals surface area contributed by atoms with Gasteiger partial charge in [-0.3, -0.25) is 4.79 Å². The first-order valence-corrected chi connectivity index (χ1v) is 9.10. The predicted molar refractivity (Wildman–Crippen MR) is 91.7 cm³/mol. The molecule has 0 unspecified atom stereocenters. The van der Waals surface area contributed by atoms with Gasteiger partial charge in [-0.2, -0.15) is 8.78 Å². The summed E-state index contributed by atoms with van der Waals surface area (Å²) < 4.78 is 44.9. The monoisotopic (exact) mass is 410 g/mol. The molecule has 2 amide bonds. The van der Waals surface area contributed by atoms with E-state index in [1.54, 1.807) is 0 Å². The SMILES string of the molecule is O=C(O)N[C@@H]1CCCC[C@H]1N1Cc2c(F)cc(-c3nnc(C(F)F)o3)cc2C1=O. The number of aromatic nitrogens is 2. The van der Waals surface area contributed by atoms with Crippen LogP contribution in [0.5, 0.6) is 0 Å². The molecule has 1 aromatic heterocycles. The van der Waals surface area contributed by atoms with Gasteiger partial charge in [-0.25, -0.2) is 9.18 Å². The van der Waals surface area contributed by atoms with Crippen molar-refractivity contribution in [3.05, 3.63) is 35.0 Å². The maximum atomic E-state index is 14.7. The van der Waals surface area contributed by atoms with Crippen LogP contribution in [-0.2, 0) is 6.54 Å². The van der Waals surface area contributed by atoms with Gasteiger partial charge < -0.3 is 19.7 Å². The Morgan fingerprint density at radius 2 is 2.03 bits per heavy atom. The first-order chi connectivity index (χ1) is 13.8. The highest BCUT2D eigenvalue weighted by Gasteiger charge is 2.40. The average Bonchev–Trinajstić information content (AvgIpc) is 3.28. The van der Waals surface area contributed by atoms with Crippen molar-refractivity contribution in [2.24, 2.45) is 0 Å². The van der Waals surface area contributed by atoms with Crippen molar-refractivity contribution in [3.63, 3.8) is 0 Å². The predicted octanol–water partition coefficient (Wildman–Crippen LogP) is 3.35. The number of benzene rings is 1. The lowest BCUT2D eigenvalue weighted by atomic mass is 9.89. The topological polar surface area (TPSA) is 109 Å². The van der Waals surface area contributed by atoms with Gasteiger partial charge in [-0.1, -0.05) is 12.8 Å². The lowest BCUT2D eigenvalue weighted by Crippen LogP contribution is -2.53. The van der Waals surface area contributed by atoms with E-state index in [2.05, 4.69) is 15.5 Å². The molecule has 2 aliphatic rings. The van der Waals surface area contributed by atoms with Crippen molar-refractivity contribution < 1.29 is 32.3 Å². The maximum absolute atomic E-state index is 14.7. The Morgan fingerprint density at radius 1 is 1.28 bits per heavy atom. The van der Waals surface area contributed by atoms with Crippen molar-refractivity contribution >= 4 is 12.0 Å². The van der Waals surface area contributed by atoms with Crippen LogP contribution < -0.4 is 5.32 Å². The quantitative estimate of drug-likeness (QED) is 0.800. The van der Waals surface area contributed by atoms with E-state index in [0.717, 1.165) is 18.9 Å². The second kappa shape index (κ2) is 7.37. The zero-order valence-corrected chi connectivity index (χ0v) is 15.1. The third kappa shape index (κ3) is 3.52. The fourth-order valence-electron chi connectivity index (χ4n) is 4.03. The van der Waals surface area contributed by atoms with E-state index >= 15 is 0 Å². The minimum absolute atomic E-state index is 0.00879. The van der Waals surface area contributed by atoms with Crippen LogP contribution in [-0.4, -0.2) is 44.3 Å². The molecule has 2 aromatic rings. The smallest absolute Gasteiger partial charge is 0.404 e. The summed E-state index contributed by atoms with van der Waals surface area (Å²) in [6, 6.07) is 1.57. The summed E-state index contributed by atoms with van der Waals surface area (Å²) in [5.74, 6) is -2.34. The van der Waals surface area contributed by atoms with Crippen LogP contribution in [0.15, 0.2) is 16.5 Å². The Kier molecular flexibility index (Phi) is 4.89. The van der Waals surface area contributed by atoms with Crippen molar-refractivity contribution in [2.45, 2.75) is 50.7 Å². The van der Waals surface area contributed by atoms with E-state index in [1.807, 2.05) is 0 Å². The second-order valence-electron chi connectivity index (χ2n) is 7.07. The normalized spacial score (nSPS) is 21.5. The number of carboxylic acid groups (broad SMARTS) is 1. The van der Waals surface area contributed by atoms with Gasteiger partial charge in [0, 0.05) is 16.7 Å². The fraction of sp³-hybridized carbons (Fsp3) is 0.444. The Labute approximate surface area is 162 Å². The number of nitrogens with zero attached hydrogens (tertiary/aromatic N) is 3. The molecule has 1 aromatic carbocycles. The van der Waals surface area contributed by atoms with Crippen LogP contribution in [0.2, 0.25) is 0 Å². The van der Waals surface area contributed by atoms with Crippen molar-refractivity contribution in [2.75, 3.05) is 0 Å². The fourth-order valence-corrected chi connectivity index (χ4v) is 4.03. The van der Waals surface area contributed by atoms with Gasteiger partial charge in [-0.15, -0.1) is 10.2 Å². The van der Waals surface area contributed by atoms with Gasteiger partial charge in [-0.05, 0) is 25.0 Å². The third-order valence-electron chi connectivity index (χ3n) is 5.33. The number of halogens is 3. The van der Waals surface area contributed by atoms with E-state index in [0.29, 0.717) is 12.8 Å². The number of fused-ring (bicyclic) bond motifs is 1. The molecule has 2 atom stereocenters. The van der Waals surface area contributed by atoms with E-state index in [4.69, 9.17) is 9.52 Å². The van der Waals surface area contributed by atoms with Crippen LogP contribution in [0.1, 0.15) is 53.9 Å². The summed E-state index contributed by atoms with van der Waals surface area (Å²) in [5, 5.41) is 18.2. The van der Waals surface area contributed by atoms with E-state index in [-0.39, 0.29) is 29.1 Å². The maximum Gasteiger partial charge on any atom is 0.404 e. The van der Waals surface area contributed by atoms with Crippen LogP contribution in [0.4, 0.5) is 18.0 Å². The average molecular weight is 410 g/mol. The number of amides is 2. The molecule has 1 aliphatic carbocycles. The molecule has 4 rings (SSSR count). The van der Waals surface area contributed by atoms with Gasteiger partial charge in [0.15, 0.2) is 0 Å². The van der Waals surface area contributed by atoms with E-state index in [9.17, 15) is 22.8 Å². The first-order valence-electron chi connectivity index (χ1n) is 9.10. The second-order valence-corrected chi connectivity index (χ2v) is 7.07. The van der Waals surface area contributed by atoms with Crippen molar-refractivity contribution in [1.82, 2.24) is 20.4 Å². The summed E-state index contributed by atoms with van der Waals surface area (Å²) in [6.07, 6.45) is -1.29. The molecule has 0 spiro atoms. The molecule has 0 bridgehead atoms. The number of rotatable bonds is 4. The third-order valence-corrected chi connectivity index (χ3v) is 5.33. The molecule has 8 nitrogen and oxygen atoms in total. The Morgan fingerprint density at radius 3 is 2.72 bits per heavy atom. The number of nitrogens with one attached hydrogen (secondary N) is 1. The molecular weight excluding hydrogens is 393 g/mol. The minimum atomic E-state index is -2.96.